The van der Waals surface area contributed by atoms with Crippen molar-refractivity contribution in [3.63, 3.8) is 0 Å². The summed E-state index contributed by atoms with van der Waals surface area (Å²) in [6.45, 7) is 7.01. The molecule has 1 N–H and O–H groups in total. The lowest BCUT2D eigenvalue weighted by Crippen LogP contribution is -2.18. The van der Waals surface area contributed by atoms with Gasteiger partial charge in [0.2, 0.25) is 0 Å². The summed E-state index contributed by atoms with van der Waals surface area (Å²) in [7, 11) is 0. The number of hydrogen-bond acceptors (Lipinski definition) is 4. The topological polar surface area (TPSA) is 76.2 Å². The van der Waals surface area contributed by atoms with E-state index in [-0.39, 0.29) is 11.1 Å². The summed E-state index contributed by atoms with van der Waals surface area (Å²) < 4.78 is 29.5. The zero-order valence-corrected chi connectivity index (χ0v) is 14.2. The van der Waals surface area contributed by atoms with Crippen molar-refractivity contribution in [2.75, 3.05) is 0 Å². The van der Waals surface area contributed by atoms with Crippen molar-refractivity contribution in [2.24, 2.45) is 5.10 Å². The van der Waals surface area contributed by atoms with Gasteiger partial charge in [-0.05, 0) is 24.3 Å². The second kappa shape index (κ2) is 6.85. The van der Waals surface area contributed by atoms with Crippen LogP contribution in [0.25, 0.3) is 21.7 Å². The summed E-state index contributed by atoms with van der Waals surface area (Å²) in [6.07, 6.45) is 4.02. The molecule has 0 fully saturated rings. The molecule has 2 heterocycles. The van der Waals surface area contributed by atoms with Gasteiger partial charge in [-0.25, -0.2) is 28.3 Å². The van der Waals surface area contributed by atoms with E-state index < -0.39 is 11.6 Å². The molecule has 0 atom stereocenters. The lowest BCUT2D eigenvalue weighted by Gasteiger charge is -2.04. The molecule has 28 heavy (non-hydrogen) atoms. The highest BCUT2D eigenvalue weighted by Crippen LogP contribution is 2.18. The highest BCUT2D eigenvalue weighted by atomic mass is 19.1. The van der Waals surface area contributed by atoms with E-state index in [1.54, 1.807) is 28.8 Å². The molecule has 0 saturated carbocycles. The molecule has 136 valence electrons. The Labute approximate surface area is 157 Å². The number of aromatic nitrogens is 4. The van der Waals surface area contributed by atoms with E-state index in [0.29, 0.717) is 16.9 Å². The first-order valence-corrected chi connectivity index (χ1v) is 8.03. The van der Waals surface area contributed by atoms with Gasteiger partial charge in [0.05, 0.1) is 12.8 Å². The maximum atomic E-state index is 13.7. The fourth-order valence-corrected chi connectivity index (χ4v) is 2.60. The molecule has 0 bridgehead atoms. The van der Waals surface area contributed by atoms with Crippen molar-refractivity contribution in [1.82, 2.24) is 19.2 Å². The Balaban J connectivity index is 1.73. The van der Waals surface area contributed by atoms with Gasteiger partial charge in [0.15, 0.2) is 22.3 Å². The molecule has 4 aromatic rings. The highest BCUT2D eigenvalue weighted by Gasteiger charge is 2.10. The lowest BCUT2D eigenvalue weighted by molar-refractivity contribution is 0.582. The van der Waals surface area contributed by atoms with Crippen LogP contribution in [-0.2, 0) is 0 Å². The normalized spacial score (nSPS) is 11.2. The monoisotopic (exact) mass is 375 g/mol. The minimum Gasteiger partial charge on any atom is -0.283 e. The molecule has 0 aliphatic heterocycles. The highest BCUT2D eigenvalue weighted by molar-refractivity contribution is 5.80. The molecule has 0 spiro atoms. The SMILES string of the molecule is [C-]#[N+]c1ccc(-n2cnc3c(=N)n(/N=C/c4ccc(F)cc4F)cnc32)cc1. The number of halogens is 2. The van der Waals surface area contributed by atoms with E-state index in [4.69, 9.17) is 12.0 Å². The smallest absolute Gasteiger partial charge is 0.187 e. The average Bonchev–Trinajstić information content (AvgIpc) is 3.13. The Hall–Kier alpha value is -4.19. The van der Waals surface area contributed by atoms with Crippen LogP contribution in [0.5, 0.6) is 0 Å². The van der Waals surface area contributed by atoms with Gasteiger partial charge >= 0.3 is 0 Å². The first-order valence-electron chi connectivity index (χ1n) is 8.03. The van der Waals surface area contributed by atoms with Crippen molar-refractivity contribution >= 4 is 23.1 Å². The Morgan fingerprint density at radius 1 is 1.07 bits per heavy atom. The third kappa shape index (κ3) is 3.03. The molecule has 7 nitrogen and oxygen atoms in total. The summed E-state index contributed by atoms with van der Waals surface area (Å²) in [5.74, 6) is -1.43. The number of imidazole rings is 1. The Morgan fingerprint density at radius 2 is 1.86 bits per heavy atom. The van der Waals surface area contributed by atoms with Gasteiger partial charge in [0, 0.05) is 17.3 Å². The van der Waals surface area contributed by atoms with Crippen LogP contribution in [0, 0.1) is 23.6 Å². The summed E-state index contributed by atoms with van der Waals surface area (Å²) in [5.41, 5.74) is 2.05. The lowest BCUT2D eigenvalue weighted by atomic mass is 10.2. The van der Waals surface area contributed by atoms with Crippen LogP contribution in [0.2, 0.25) is 0 Å². The minimum atomic E-state index is -0.753. The van der Waals surface area contributed by atoms with Crippen LogP contribution in [0.4, 0.5) is 14.5 Å². The molecule has 2 aromatic heterocycles. The second-order valence-corrected chi connectivity index (χ2v) is 5.76. The third-order valence-corrected chi connectivity index (χ3v) is 4.03. The van der Waals surface area contributed by atoms with Crippen LogP contribution in [0.1, 0.15) is 5.56 Å². The molecule has 0 aliphatic rings. The van der Waals surface area contributed by atoms with Crippen molar-refractivity contribution < 1.29 is 8.78 Å². The van der Waals surface area contributed by atoms with Crippen molar-refractivity contribution in [3.05, 3.63) is 89.2 Å². The minimum absolute atomic E-state index is 0.0414. The summed E-state index contributed by atoms with van der Waals surface area (Å²) in [6, 6.07) is 10.0. The van der Waals surface area contributed by atoms with Gasteiger partial charge in [0.1, 0.15) is 24.3 Å². The van der Waals surface area contributed by atoms with Gasteiger partial charge < -0.3 is 0 Å². The van der Waals surface area contributed by atoms with Gasteiger partial charge in [-0.1, -0.05) is 12.1 Å². The van der Waals surface area contributed by atoms with Crippen LogP contribution < -0.4 is 5.49 Å². The predicted octanol–water partition coefficient (Wildman–Crippen LogP) is 3.41. The maximum absolute atomic E-state index is 13.7. The van der Waals surface area contributed by atoms with E-state index in [0.717, 1.165) is 22.5 Å². The standard InChI is InChI=1S/C19H11F2N7/c1-23-14-4-6-15(7-5-14)27-10-24-17-18(22)28(11-25-19(17)27)26-9-12-2-3-13(20)8-16(12)21/h2-11,22H/b22-18?,26-9+. The van der Waals surface area contributed by atoms with Crippen molar-refractivity contribution in [3.8, 4) is 5.69 Å². The van der Waals surface area contributed by atoms with E-state index in [1.165, 1.54) is 24.9 Å². The fourth-order valence-electron chi connectivity index (χ4n) is 2.60. The second-order valence-electron chi connectivity index (χ2n) is 5.76. The molecule has 0 saturated heterocycles. The molecule has 2 aromatic carbocycles. The largest absolute Gasteiger partial charge is 0.283 e. The molecular weight excluding hydrogens is 364 g/mol. The van der Waals surface area contributed by atoms with Gasteiger partial charge in [-0.2, -0.15) is 5.10 Å². The Morgan fingerprint density at radius 3 is 2.57 bits per heavy atom. The quantitative estimate of drug-likeness (QED) is 0.440. The van der Waals surface area contributed by atoms with E-state index in [9.17, 15) is 8.78 Å². The Bertz CT molecular complexity index is 1310. The molecular formula is C19H11F2N7. The van der Waals surface area contributed by atoms with Crippen molar-refractivity contribution in [2.45, 2.75) is 0 Å². The van der Waals surface area contributed by atoms with Crippen LogP contribution in [0.3, 0.4) is 0 Å². The maximum Gasteiger partial charge on any atom is 0.187 e. The number of rotatable bonds is 3. The third-order valence-electron chi connectivity index (χ3n) is 4.03. The van der Waals surface area contributed by atoms with Crippen LogP contribution in [0.15, 0.2) is 60.2 Å². The van der Waals surface area contributed by atoms with E-state index in [1.807, 2.05) is 0 Å². The van der Waals surface area contributed by atoms with Crippen molar-refractivity contribution in [1.29, 1.82) is 5.41 Å². The molecule has 0 unspecified atom stereocenters. The van der Waals surface area contributed by atoms with Crippen LogP contribution >= 0.6 is 0 Å². The van der Waals surface area contributed by atoms with Gasteiger partial charge in [0.25, 0.3) is 0 Å². The molecule has 0 amide bonds. The number of hydrogen-bond donors (Lipinski definition) is 1. The summed E-state index contributed by atoms with van der Waals surface area (Å²) >= 11 is 0. The number of nitrogens with one attached hydrogen (secondary N) is 1. The Kier molecular flexibility index (Phi) is 4.21. The summed E-state index contributed by atoms with van der Waals surface area (Å²) in [4.78, 5) is 11.9. The predicted molar refractivity (Wildman–Crippen MR) is 98.3 cm³/mol. The average molecular weight is 375 g/mol. The molecule has 9 heteroatoms. The molecule has 4 rings (SSSR count). The number of nitrogens with zero attached hydrogens (tertiary/aromatic N) is 6. The first kappa shape index (κ1) is 17.2. The summed E-state index contributed by atoms with van der Waals surface area (Å²) in [5, 5.41) is 12.3. The van der Waals surface area contributed by atoms with E-state index in [2.05, 4.69) is 19.9 Å². The number of benzene rings is 2. The van der Waals surface area contributed by atoms with Crippen LogP contribution in [-0.4, -0.2) is 25.4 Å². The fraction of sp³-hybridized carbons (Fsp3) is 0. The van der Waals surface area contributed by atoms with E-state index >= 15 is 0 Å². The van der Waals surface area contributed by atoms with Gasteiger partial charge in [-0.3, -0.25) is 9.98 Å². The number of fused-ring (bicyclic) bond motifs is 1. The molecule has 0 aliphatic carbocycles. The first-order chi connectivity index (χ1) is 13.6. The van der Waals surface area contributed by atoms with Gasteiger partial charge in [-0.15, -0.1) is 0 Å². The molecule has 0 radical (unpaired) electrons. The zero-order chi connectivity index (χ0) is 19.7. The zero-order valence-electron chi connectivity index (χ0n) is 14.2.